The summed E-state index contributed by atoms with van der Waals surface area (Å²) in [5.74, 6) is 0.604. The van der Waals surface area contributed by atoms with Gasteiger partial charge in [-0.15, -0.1) is 0 Å². The smallest absolute Gasteiger partial charge is 0.297 e. The molecule has 0 aliphatic carbocycles. The number of piperidine rings is 1. The van der Waals surface area contributed by atoms with Gasteiger partial charge in [0.1, 0.15) is 11.3 Å². The number of fused-ring (bicyclic) bond motifs is 3. The average Bonchev–Trinajstić information content (AvgIpc) is 3.17. The first-order valence-electron chi connectivity index (χ1n) is 11.4. The third kappa shape index (κ3) is 4.10. The number of benzene rings is 1. The molecule has 0 unspecified atom stereocenters. The lowest BCUT2D eigenvalue weighted by Crippen LogP contribution is -2.33. The normalized spacial score (nSPS) is 16.2. The van der Waals surface area contributed by atoms with Crippen molar-refractivity contribution in [2.24, 2.45) is 5.92 Å². The summed E-state index contributed by atoms with van der Waals surface area (Å²) in [7, 11) is 0. The van der Waals surface area contributed by atoms with Crippen LogP contribution >= 0.6 is 0 Å². The van der Waals surface area contributed by atoms with Gasteiger partial charge in [0.05, 0.1) is 11.4 Å². The maximum Gasteiger partial charge on any atom is 0.435 e. The van der Waals surface area contributed by atoms with Crippen LogP contribution in [0.2, 0.25) is 0 Å². The summed E-state index contributed by atoms with van der Waals surface area (Å²) in [4.78, 5) is 11.0. The molecule has 1 aromatic carbocycles. The van der Waals surface area contributed by atoms with Crippen LogP contribution in [0.25, 0.3) is 27.9 Å². The largest absolute Gasteiger partial charge is 0.435 e. The Balaban J connectivity index is 1.73. The zero-order valence-electron chi connectivity index (χ0n) is 19.1. The molecule has 4 aromatic rings. The lowest BCUT2D eigenvalue weighted by Gasteiger charge is -2.30. The first kappa shape index (κ1) is 21.9. The highest BCUT2D eigenvalue weighted by Crippen LogP contribution is 2.35. The van der Waals surface area contributed by atoms with E-state index in [0.717, 1.165) is 48.1 Å². The molecule has 172 valence electrons. The van der Waals surface area contributed by atoms with Crippen molar-refractivity contribution in [1.29, 1.82) is 0 Å². The summed E-state index contributed by atoms with van der Waals surface area (Å²) < 4.78 is 43.9. The molecule has 0 atom stereocenters. The van der Waals surface area contributed by atoms with E-state index in [0.29, 0.717) is 22.8 Å². The standard InChI is InChI=1S/C26H27F3N4/c1-16-4-6-19(7-5-16)21-9-8-20-14-18(3)24-31-23(26(27,28)29)22(33(24)25(20)30-21)15-32-12-10-17(2)11-13-32/h4-9,14,17H,10-13,15H2,1-3H3. The van der Waals surface area contributed by atoms with E-state index < -0.39 is 11.9 Å². The van der Waals surface area contributed by atoms with E-state index in [1.807, 2.05) is 56.3 Å². The molecule has 1 aliphatic rings. The van der Waals surface area contributed by atoms with Crippen LogP contribution in [0.4, 0.5) is 13.2 Å². The van der Waals surface area contributed by atoms with E-state index in [2.05, 4.69) is 16.8 Å². The molecule has 0 saturated carbocycles. The summed E-state index contributed by atoms with van der Waals surface area (Å²) in [6, 6.07) is 13.7. The molecule has 0 radical (unpaired) electrons. The lowest BCUT2D eigenvalue weighted by molar-refractivity contribution is -0.141. The molecule has 4 nitrogen and oxygen atoms in total. The molecule has 3 aromatic heterocycles. The number of pyridine rings is 2. The van der Waals surface area contributed by atoms with E-state index in [1.54, 1.807) is 4.40 Å². The monoisotopic (exact) mass is 452 g/mol. The quantitative estimate of drug-likeness (QED) is 0.360. The minimum absolute atomic E-state index is 0.175. The number of halogens is 3. The van der Waals surface area contributed by atoms with Crippen LogP contribution < -0.4 is 0 Å². The average molecular weight is 453 g/mol. The predicted molar refractivity (Wildman–Crippen MR) is 124 cm³/mol. The highest BCUT2D eigenvalue weighted by molar-refractivity contribution is 5.83. The minimum Gasteiger partial charge on any atom is -0.297 e. The number of alkyl halides is 3. The molecule has 0 N–H and O–H groups in total. The van der Waals surface area contributed by atoms with Gasteiger partial charge in [0, 0.05) is 17.5 Å². The number of aryl methyl sites for hydroxylation is 2. The summed E-state index contributed by atoms with van der Waals surface area (Å²) in [5.41, 5.74) is 3.71. The summed E-state index contributed by atoms with van der Waals surface area (Å²) >= 11 is 0. The van der Waals surface area contributed by atoms with Gasteiger partial charge in [-0.2, -0.15) is 13.2 Å². The van der Waals surface area contributed by atoms with Crippen LogP contribution in [0, 0.1) is 19.8 Å². The summed E-state index contributed by atoms with van der Waals surface area (Å²) in [5, 5.41) is 0.801. The van der Waals surface area contributed by atoms with Crippen molar-refractivity contribution in [2.45, 2.75) is 46.3 Å². The van der Waals surface area contributed by atoms with Gasteiger partial charge < -0.3 is 0 Å². The van der Waals surface area contributed by atoms with Crippen LogP contribution in [-0.2, 0) is 12.7 Å². The van der Waals surface area contributed by atoms with E-state index in [-0.39, 0.29) is 12.2 Å². The second kappa shape index (κ2) is 8.13. The van der Waals surface area contributed by atoms with Gasteiger partial charge in [-0.3, -0.25) is 9.30 Å². The molecule has 0 bridgehead atoms. The number of hydrogen-bond acceptors (Lipinski definition) is 3. The van der Waals surface area contributed by atoms with Crippen molar-refractivity contribution in [3.8, 4) is 11.3 Å². The Labute approximate surface area is 191 Å². The SMILES string of the molecule is Cc1ccc(-c2ccc3cc(C)c4nc(C(F)(F)F)c(CN5CCC(C)CC5)n4c3n2)cc1. The van der Waals surface area contributed by atoms with Crippen molar-refractivity contribution in [3.05, 3.63) is 65.0 Å². The van der Waals surface area contributed by atoms with Gasteiger partial charge in [0.25, 0.3) is 0 Å². The second-order valence-corrected chi connectivity index (χ2v) is 9.33. The van der Waals surface area contributed by atoms with Gasteiger partial charge in [-0.25, -0.2) is 9.97 Å². The van der Waals surface area contributed by atoms with Gasteiger partial charge in [0.15, 0.2) is 5.69 Å². The molecular weight excluding hydrogens is 425 g/mol. The van der Waals surface area contributed by atoms with Crippen LogP contribution in [0.15, 0.2) is 42.5 Å². The Morgan fingerprint density at radius 3 is 2.30 bits per heavy atom. The zero-order chi connectivity index (χ0) is 23.3. The van der Waals surface area contributed by atoms with Crippen molar-refractivity contribution in [2.75, 3.05) is 13.1 Å². The first-order chi connectivity index (χ1) is 15.7. The number of hydrogen-bond donors (Lipinski definition) is 0. The van der Waals surface area contributed by atoms with Crippen LogP contribution in [0.3, 0.4) is 0 Å². The maximum absolute atomic E-state index is 14.1. The highest BCUT2D eigenvalue weighted by Gasteiger charge is 2.39. The summed E-state index contributed by atoms with van der Waals surface area (Å²) in [6.07, 6.45) is -2.54. The predicted octanol–water partition coefficient (Wildman–Crippen LogP) is 6.42. The zero-order valence-corrected chi connectivity index (χ0v) is 19.1. The first-order valence-corrected chi connectivity index (χ1v) is 11.4. The van der Waals surface area contributed by atoms with Crippen molar-refractivity contribution < 1.29 is 13.2 Å². The van der Waals surface area contributed by atoms with Gasteiger partial charge in [-0.1, -0.05) is 36.8 Å². The van der Waals surface area contributed by atoms with Crippen LogP contribution in [0.1, 0.15) is 42.3 Å². The number of rotatable bonds is 3. The number of likely N-dealkylation sites (tertiary alicyclic amines) is 1. The Morgan fingerprint density at radius 2 is 1.64 bits per heavy atom. The van der Waals surface area contributed by atoms with Gasteiger partial charge >= 0.3 is 6.18 Å². The third-order valence-corrected chi connectivity index (χ3v) is 6.68. The molecule has 4 heterocycles. The fraction of sp³-hybridized carbons (Fsp3) is 0.385. The van der Waals surface area contributed by atoms with E-state index in [1.165, 1.54) is 0 Å². The van der Waals surface area contributed by atoms with E-state index >= 15 is 0 Å². The Morgan fingerprint density at radius 1 is 0.939 bits per heavy atom. The van der Waals surface area contributed by atoms with E-state index in [9.17, 15) is 13.2 Å². The minimum atomic E-state index is -4.53. The van der Waals surface area contributed by atoms with Crippen molar-refractivity contribution in [1.82, 2.24) is 19.3 Å². The topological polar surface area (TPSA) is 33.4 Å². The van der Waals surface area contributed by atoms with Crippen molar-refractivity contribution in [3.63, 3.8) is 0 Å². The van der Waals surface area contributed by atoms with Gasteiger partial charge in [-0.05, 0) is 69.5 Å². The third-order valence-electron chi connectivity index (χ3n) is 6.68. The maximum atomic E-state index is 14.1. The molecule has 0 amide bonds. The Hall–Kier alpha value is -2.93. The molecule has 5 rings (SSSR count). The molecule has 7 heteroatoms. The lowest BCUT2D eigenvalue weighted by atomic mass is 9.99. The molecule has 1 aliphatic heterocycles. The fourth-order valence-corrected chi connectivity index (χ4v) is 4.69. The Kier molecular flexibility index (Phi) is 5.40. The molecule has 1 fully saturated rings. The summed E-state index contributed by atoms with van der Waals surface area (Å²) in [6.45, 7) is 7.80. The molecule has 33 heavy (non-hydrogen) atoms. The number of nitrogens with zero attached hydrogens (tertiary/aromatic N) is 4. The number of aromatic nitrogens is 3. The van der Waals surface area contributed by atoms with Gasteiger partial charge in [0.2, 0.25) is 0 Å². The fourth-order valence-electron chi connectivity index (χ4n) is 4.69. The molecule has 1 saturated heterocycles. The van der Waals surface area contributed by atoms with Crippen LogP contribution in [0.5, 0.6) is 0 Å². The van der Waals surface area contributed by atoms with Crippen LogP contribution in [-0.4, -0.2) is 32.4 Å². The van der Waals surface area contributed by atoms with E-state index in [4.69, 9.17) is 4.98 Å². The van der Waals surface area contributed by atoms with Crippen molar-refractivity contribution >= 4 is 16.7 Å². The molecular formula is C26H27F3N4. The second-order valence-electron chi connectivity index (χ2n) is 9.33. The highest BCUT2D eigenvalue weighted by atomic mass is 19.4. The Bertz CT molecular complexity index is 1310. The number of imidazole rings is 1. The molecule has 0 spiro atoms.